The number of H-pyrrole nitrogens is 2. The summed E-state index contributed by atoms with van der Waals surface area (Å²) in [7, 11) is 0. The highest BCUT2D eigenvalue weighted by atomic mass is 16.5. The lowest BCUT2D eigenvalue weighted by molar-refractivity contribution is 0.0852. The maximum absolute atomic E-state index is 6.23. The SMILES string of the molecule is CC(C)Cc1nnc(-c2ccc3[nH]nc(-c4ccc5ccc(OCCN6C(C)CCCC6C)cc5c4)c3c2)[nH]1. The van der Waals surface area contributed by atoms with Gasteiger partial charge in [0, 0.05) is 41.6 Å². The van der Waals surface area contributed by atoms with Gasteiger partial charge in [-0.3, -0.25) is 10.00 Å². The second-order valence-electron chi connectivity index (χ2n) is 11.5. The highest BCUT2D eigenvalue weighted by Gasteiger charge is 2.24. The van der Waals surface area contributed by atoms with Gasteiger partial charge >= 0.3 is 0 Å². The molecule has 2 atom stereocenters. The van der Waals surface area contributed by atoms with Crippen LogP contribution in [0.2, 0.25) is 0 Å². The number of fused-ring (bicyclic) bond motifs is 2. The van der Waals surface area contributed by atoms with Gasteiger partial charge in [-0.1, -0.05) is 38.5 Å². The van der Waals surface area contributed by atoms with Crippen molar-refractivity contribution in [3.8, 4) is 28.4 Å². The fraction of sp³-hybridized carbons (Fsp3) is 0.406. The number of rotatable bonds is 8. The van der Waals surface area contributed by atoms with Crippen molar-refractivity contribution in [3.63, 3.8) is 0 Å². The summed E-state index contributed by atoms with van der Waals surface area (Å²) in [6, 6.07) is 20.4. The number of nitrogens with zero attached hydrogens (tertiary/aromatic N) is 4. The maximum Gasteiger partial charge on any atom is 0.161 e. The van der Waals surface area contributed by atoms with Gasteiger partial charge in [0.25, 0.3) is 0 Å². The van der Waals surface area contributed by atoms with Crippen LogP contribution >= 0.6 is 0 Å². The summed E-state index contributed by atoms with van der Waals surface area (Å²) in [5.41, 5.74) is 3.99. The minimum Gasteiger partial charge on any atom is -0.492 e. The van der Waals surface area contributed by atoms with Crippen molar-refractivity contribution in [2.24, 2.45) is 5.92 Å². The molecule has 2 aromatic heterocycles. The van der Waals surface area contributed by atoms with E-state index in [2.05, 4.69) is 113 Å². The number of piperidine rings is 1. The number of aromatic nitrogens is 5. The fourth-order valence-electron chi connectivity index (χ4n) is 5.93. The molecule has 7 heteroatoms. The molecular weight excluding hydrogens is 484 g/mol. The van der Waals surface area contributed by atoms with E-state index in [0.717, 1.165) is 63.5 Å². The van der Waals surface area contributed by atoms with Gasteiger partial charge in [-0.05, 0) is 79.8 Å². The largest absolute Gasteiger partial charge is 0.492 e. The number of benzene rings is 3. The average Bonchev–Trinajstić information content (AvgIpc) is 3.56. The molecular formula is C32H38N6O. The van der Waals surface area contributed by atoms with Crippen LogP contribution in [0.4, 0.5) is 0 Å². The van der Waals surface area contributed by atoms with Crippen molar-refractivity contribution < 1.29 is 4.74 Å². The van der Waals surface area contributed by atoms with Crippen molar-refractivity contribution in [2.75, 3.05) is 13.2 Å². The molecule has 3 heterocycles. The Labute approximate surface area is 230 Å². The zero-order valence-corrected chi connectivity index (χ0v) is 23.4. The van der Waals surface area contributed by atoms with Crippen LogP contribution in [0.15, 0.2) is 54.6 Å². The molecule has 0 bridgehead atoms. The molecule has 2 N–H and O–H groups in total. The molecule has 0 amide bonds. The predicted molar refractivity (Wildman–Crippen MR) is 158 cm³/mol. The average molecular weight is 523 g/mol. The number of hydrogen-bond donors (Lipinski definition) is 2. The summed E-state index contributed by atoms with van der Waals surface area (Å²) < 4.78 is 6.23. The Hall–Kier alpha value is -3.71. The highest BCUT2D eigenvalue weighted by Crippen LogP contribution is 2.32. The van der Waals surface area contributed by atoms with Crippen LogP contribution in [0, 0.1) is 5.92 Å². The van der Waals surface area contributed by atoms with Crippen molar-refractivity contribution in [1.82, 2.24) is 30.3 Å². The lowest BCUT2D eigenvalue weighted by atomic mass is 9.98. The number of hydrogen-bond acceptors (Lipinski definition) is 5. The highest BCUT2D eigenvalue weighted by molar-refractivity contribution is 5.97. The Morgan fingerprint density at radius 1 is 0.923 bits per heavy atom. The van der Waals surface area contributed by atoms with Crippen LogP contribution in [0.25, 0.3) is 44.3 Å². The van der Waals surface area contributed by atoms with E-state index >= 15 is 0 Å². The van der Waals surface area contributed by atoms with Gasteiger partial charge in [0.2, 0.25) is 0 Å². The Bertz CT molecular complexity index is 1570. The van der Waals surface area contributed by atoms with Crippen LogP contribution in [0.1, 0.15) is 52.8 Å². The number of ether oxygens (including phenoxy) is 1. The van der Waals surface area contributed by atoms with Crippen LogP contribution in [-0.2, 0) is 6.42 Å². The Balaban J connectivity index is 1.23. The van der Waals surface area contributed by atoms with E-state index in [1.165, 1.54) is 24.6 Å². The lowest BCUT2D eigenvalue weighted by Crippen LogP contribution is -2.45. The van der Waals surface area contributed by atoms with Gasteiger partial charge in [0.1, 0.15) is 18.2 Å². The van der Waals surface area contributed by atoms with E-state index < -0.39 is 0 Å². The molecule has 0 spiro atoms. The van der Waals surface area contributed by atoms with Gasteiger partial charge < -0.3 is 9.72 Å². The summed E-state index contributed by atoms with van der Waals surface area (Å²) in [4.78, 5) is 5.97. The molecule has 39 heavy (non-hydrogen) atoms. The van der Waals surface area contributed by atoms with Gasteiger partial charge in [0.05, 0.1) is 11.2 Å². The van der Waals surface area contributed by atoms with Crippen molar-refractivity contribution in [2.45, 2.75) is 65.5 Å². The molecule has 1 fully saturated rings. The molecule has 0 saturated carbocycles. The molecule has 5 aromatic rings. The summed E-state index contributed by atoms with van der Waals surface area (Å²) in [6.07, 6.45) is 4.78. The van der Waals surface area contributed by atoms with E-state index in [-0.39, 0.29) is 0 Å². The zero-order valence-electron chi connectivity index (χ0n) is 23.4. The van der Waals surface area contributed by atoms with E-state index in [0.29, 0.717) is 24.6 Å². The molecule has 1 aliphatic rings. The third-order valence-electron chi connectivity index (χ3n) is 8.05. The van der Waals surface area contributed by atoms with E-state index in [1.807, 2.05) is 0 Å². The summed E-state index contributed by atoms with van der Waals surface area (Å²) in [5, 5.41) is 20.0. The smallest absolute Gasteiger partial charge is 0.161 e. The minimum atomic E-state index is 0.523. The topological polar surface area (TPSA) is 82.7 Å². The quantitative estimate of drug-likeness (QED) is 0.229. The Morgan fingerprint density at radius 2 is 1.72 bits per heavy atom. The van der Waals surface area contributed by atoms with Gasteiger partial charge in [-0.25, -0.2) is 0 Å². The molecule has 1 saturated heterocycles. The molecule has 0 aliphatic carbocycles. The van der Waals surface area contributed by atoms with Crippen LogP contribution in [0.5, 0.6) is 5.75 Å². The van der Waals surface area contributed by atoms with Crippen LogP contribution < -0.4 is 4.74 Å². The number of aromatic amines is 2. The van der Waals surface area contributed by atoms with E-state index in [4.69, 9.17) is 4.74 Å². The molecule has 7 nitrogen and oxygen atoms in total. The minimum absolute atomic E-state index is 0.523. The first-order valence-electron chi connectivity index (χ1n) is 14.3. The van der Waals surface area contributed by atoms with E-state index in [1.54, 1.807) is 0 Å². The lowest BCUT2D eigenvalue weighted by Gasteiger charge is -2.38. The van der Waals surface area contributed by atoms with E-state index in [9.17, 15) is 0 Å². The monoisotopic (exact) mass is 522 g/mol. The second kappa shape index (κ2) is 10.8. The Kier molecular flexibility index (Phi) is 7.09. The van der Waals surface area contributed by atoms with Gasteiger partial charge in [-0.15, -0.1) is 10.2 Å². The third-order valence-corrected chi connectivity index (χ3v) is 8.05. The molecule has 3 aromatic carbocycles. The van der Waals surface area contributed by atoms with Gasteiger partial charge in [0.15, 0.2) is 5.82 Å². The first-order chi connectivity index (χ1) is 18.9. The van der Waals surface area contributed by atoms with Crippen molar-refractivity contribution >= 4 is 21.7 Å². The molecule has 1 aliphatic heterocycles. The maximum atomic E-state index is 6.23. The first-order valence-corrected chi connectivity index (χ1v) is 14.3. The fourth-order valence-corrected chi connectivity index (χ4v) is 5.93. The first kappa shape index (κ1) is 25.6. The predicted octanol–water partition coefficient (Wildman–Crippen LogP) is 7.01. The van der Waals surface area contributed by atoms with Crippen LogP contribution in [-0.4, -0.2) is 55.5 Å². The van der Waals surface area contributed by atoms with Crippen LogP contribution in [0.3, 0.4) is 0 Å². The zero-order chi connectivity index (χ0) is 26.9. The normalized spacial score (nSPS) is 18.4. The van der Waals surface area contributed by atoms with Crippen molar-refractivity contribution in [3.05, 3.63) is 60.4 Å². The van der Waals surface area contributed by atoms with Crippen molar-refractivity contribution in [1.29, 1.82) is 0 Å². The standard InChI is InChI=1S/C32H38N6O/c1-20(2)16-30-33-32(37-35-30)25-11-13-29-28(19-25)31(36-34-29)24-9-8-23-10-12-27(18-26(23)17-24)39-15-14-38-21(3)6-5-7-22(38)4/h8-13,17-22H,5-7,14-16H2,1-4H3,(H,34,36)(H,33,35,37). The summed E-state index contributed by atoms with van der Waals surface area (Å²) in [6.45, 7) is 10.7. The second-order valence-corrected chi connectivity index (χ2v) is 11.5. The summed E-state index contributed by atoms with van der Waals surface area (Å²) in [5.74, 6) is 3.14. The molecule has 0 radical (unpaired) electrons. The van der Waals surface area contributed by atoms with Gasteiger partial charge in [-0.2, -0.15) is 5.10 Å². The molecule has 202 valence electrons. The Morgan fingerprint density at radius 3 is 2.54 bits per heavy atom. The number of likely N-dealkylation sites (tertiary alicyclic amines) is 1. The number of nitrogens with one attached hydrogen (secondary N) is 2. The molecule has 2 unspecified atom stereocenters. The molecule has 6 rings (SSSR count). The third kappa shape index (κ3) is 5.41. The summed E-state index contributed by atoms with van der Waals surface area (Å²) >= 11 is 0.